The fourth-order valence-corrected chi connectivity index (χ4v) is 2.35. The maximum atomic E-state index is 9.84. The van der Waals surface area contributed by atoms with Crippen LogP contribution in [0.5, 0.6) is 0 Å². The molecule has 1 atom stereocenters. The van der Waals surface area contributed by atoms with Crippen LogP contribution < -0.4 is 5.32 Å². The molecule has 4 heteroatoms. The van der Waals surface area contributed by atoms with E-state index in [0.29, 0.717) is 25.7 Å². The summed E-state index contributed by atoms with van der Waals surface area (Å²) in [5, 5.41) is 13.2. The second-order valence-electron chi connectivity index (χ2n) is 5.37. The maximum absolute atomic E-state index is 9.84. The lowest BCUT2D eigenvalue weighted by atomic mass is 10.0. The molecule has 2 N–H and O–H groups in total. The first-order valence-corrected chi connectivity index (χ1v) is 7.43. The molecule has 0 radical (unpaired) electrons. The Morgan fingerprint density at radius 3 is 2.75 bits per heavy atom. The number of hydrogen-bond acceptors (Lipinski definition) is 4. The van der Waals surface area contributed by atoms with Crippen LogP contribution in [0.25, 0.3) is 0 Å². The molecule has 1 fully saturated rings. The van der Waals surface area contributed by atoms with Gasteiger partial charge < -0.3 is 19.9 Å². The fourth-order valence-electron chi connectivity index (χ4n) is 2.35. The van der Waals surface area contributed by atoms with E-state index in [1.165, 1.54) is 0 Å². The van der Waals surface area contributed by atoms with Crippen LogP contribution in [-0.4, -0.2) is 44.1 Å². The first kappa shape index (κ1) is 15.4. The van der Waals surface area contributed by atoms with Crippen LogP contribution in [0.2, 0.25) is 0 Å². The van der Waals surface area contributed by atoms with Gasteiger partial charge >= 0.3 is 0 Å². The third-order valence-corrected chi connectivity index (χ3v) is 3.58. The summed E-state index contributed by atoms with van der Waals surface area (Å²) in [5.41, 5.74) is 1.13. The molecule has 20 heavy (non-hydrogen) atoms. The Hall–Kier alpha value is -0.940. The summed E-state index contributed by atoms with van der Waals surface area (Å²) in [6.07, 6.45) is 1.79. The number of benzene rings is 1. The van der Waals surface area contributed by atoms with E-state index >= 15 is 0 Å². The van der Waals surface area contributed by atoms with Crippen LogP contribution in [-0.2, 0) is 16.1 Å². The topological polar surface area (TPSA) is 50.7 Å². The molecule has 0 saturated carbocycles. The van der Waals surface area contributed by atoms with E-state index in [2.05, 4.69) is 5.32 Å². The first-order chi connectivity index (χ1) is 9.84. The predicted molar refractivity (Wildman–Crippen MR) is 78.5 cm³/mol. The molecule has 2 rings (SSSR count). The number of aliphatic hydroxyl groups excluding tert-OH is 1. The Labute approximate surface area is 121 Å². The van der Waals surface area contributed by atoms with Crippen molar-refractivity contribution in [1.82, 2.24) is 5.32 Å². The van der Waals surface area contributed by atoms with Gasteiger partial charge in [-0.1, -0.05) is 30.3 Å². The smallest absolute Gasteiger partial charge is 0.0897 e. The monoisotopic (exact) mass is 279 g/mol. The number of hydrogen-bond donors (Lipinski definition) is 2. The molecular weight excluding hydrogens is 254 g/mol. The average Bonchev–Trinajstić information content (AvgIpc) is 2.49. The van der Waals surface area contributed by atoms with Crippen molar-refractivity contribution in [3.05, 3.63) is 35.9 Å². The van der Waals surface area contributed by atoms with Crippen molar-refractivity contribution in [1.29, 1.82) is 0 Å². The van der Waals surface area contributed by atoms with Crippen LogP contribution in [0.1, 0.15) is 18.4 Å². The summed E-state index contributed by atoms with van der Waals surface area (Å²) in [4.78, 5) is 0. The van der Waals surface area contributed by atoms with Gasteiger partial charge in [0, 0.05) is 19.8 Å². The van der Waals surface area contributed by atoms with Gasteiger partial charge in [-0.05, 0) is 30.9 Å². The molecule has 4 nitrogen and oxygen atoms in total. The summed E-state index contributed by atoms with van der Waals surface area (Å²) in [5.74, 6) is 0.682. The van der Waals surface area contributed by atoms with Crippen LogP contribution in [0.3, 0.4) is 0 Å². The quantitative estimate of drug-likeness (QED) is 0.758. The summed E-state index contributed by atoms with van der Waals surface area (Å²) < 4.78 is 10.8. The van der Waals surface area contributed by atoms with E-state index in [1.54, 1.807) is 0 Å². The zero-order chi connectivity index (χ0) is 14.0. The molecule has 1 aromatic carbocycles. The minimum atomic E-state index is -0.446. The third-order valence-electron chi connectivity index (χ3n) is 3.58. The molecular formula is C16H25NO3. The molecule has 0 amide bonds. The van der Waals surface area contributed by atoms with E-state index in [9.17, 15) is 5.11 Å². The number of rotatable bonds is 8. The molecule has 1 unspecified atom stereocenters. The number of aliphatic hydroxyl groups is 1. The lowest BCUT2D eigenvalue weighted by Crippen LogP contribution is -2.35. The van der Waals surface area contributed by atoms with E-state index in [-0.39, 0.29) is 0 Å². The zero-order valence-electron chi connectivity index (χ0n) is 12.0. The van der Waals surface area contributed by atoms with E-state index in [4.69, 9.17) is 9.47 Å². The Kier molecular flexibility index (Phi) is 7.01. The van der Waals surface area contributed by atoms with Crippen LogP contribution >= 0.6 is 0 Å². The molecule has 0 aliphatic carbocycles. The van der Waals surface area contributed by atoms with Crippen molar-refractivity contribution >= 4 is 0 Å². The van der Waals surface area contributed by atoms with Gasteiger partial charge in [0.15, 0.2) is 0 Å². The molecule has 0 bridgehead atoms. The molecule has 0 spiro atoms. The highest BCUT2D eigenvalue weighted by Gasteiger charge is 2.13. The maximum Gasteiger partial charge on any atom is 0.0897 e. The van der Waals surface area contributed by atoms with Crippen molar-refractivity contribution < 1.29 is 14.6 Å². The Morgan fingerprint density at radius 1 is 1.25 bits per heavy atom. The molecule has 1 aliphatic rings. The molecule has 1 aromatic rings. The average molecular weight is 279 g/mol. The second kappa shape index (κ2) is 9.08. The summed E-state index contributed by atoms with van der Waals surface area (Å²) in [7, 11) is 0. The third kappa shape index (κ3) is 6.01. The molecule has 1 aliphatic heterocycles. The van der Waals surface area contributed by atoms with Crippen molar-refractivity contribution in [2.75, 3.05) is 32.9 Å². The van der Waals surface area contributed by atoms with Gasteiger partial charge in [0.05, 0.1) is 19.3 Å². The highest BCUT2D eigenvalue weighted by Crippen LogP contribution is 2.13. The van der Waals surface area contributed by atoms with E-state index < -0.39 is 6.10 Å². The highest BCUT2D eigenvalue weighted by atomic mass is 16.5. The second-order valence-corrected chi connectivity index (χ2v) is 5.37. The normalized spacial score (nSPS) is 18.1. The standard InChI is InChI=1S/C16H25NO3/c18-16(11-17-10-14-6-8-19-9-7-14)13-20-12-15-4-2-1-3-5-15/h1-5,14,16-18H,6-13H2. The number of nitrogens with one attached hydrogen (secondary N) is 1. The SMILES string of the molecule is OC(CNCC1CCOCC1)COCc1ccccc1. The minimum Gasteiger partial charge on any atom is -0.389 e. The molecule has 1 saturated heterocycles. The van der Waals surface area contributed by atoms with Gasteiger partial charge in [0.2, 0.25) is 0 Å². The summed E-state index contributed by atoms with van der Waals surface area (Å²) in [6, 6.07) is 10.0. The van der Waals surface area contributed by atoms with Crippen molar-refractivity contribution in [3.63, 3.8) is 0 Å². The van der Waals surface area contributed by atoms with Crippen molar-refractivity contribution in [2.45, 2.75) is 25.6 Å². The molecule has 112 valence electrons. The van der Waals surface area contributed by atoms with Gasteiger partial charge in [0.25, 0.3) is 0 Å². The van der Waals surface area contributed by atoms with Gasteiger partial charge in [-0.25, -0.2) is 0 Å². The molecule has 1 heterocycles. The number of ether oxygens (including phenoxy) is 2. The predicted octanol–water partition coefficient (Wildman–Crippen LogP) is 1.58. The van der Waals surface area contributed by atoms with Crippen LogP contribution in [0.4, 0.5) is 0 Å². The first-order valence-electron chi connectivity index (χ1n) is 7.43. The van der Waals surface area contributed by atoms with E-state index in [0.717, 1.165) is 38.2 Å². The van der Waals surface area contributed by atoms with Crippen LogP contribution in [0.15, 0.2) is 30.3 Å². The minimum absolute atomic E-state index is 0.371. The lowest BCUT2D eigenvalue weighted by Gasteiger charge is -2.23. The Morgan fingerprint density at radius 2 is 2.00 bits per heavy atom. The molecule has 0 aromatic heterocycles. The Bertz CT molecular complexity index is 352. The van der Waals surface area contributed by atoms with Crippen LogP contribution in [0, 0.1) is 5.92 Å². The van der Waals surface area contributed by atoms with Gasteiger partial charge in [-0.3, -0.25) is 0 Å². The summed E-state index contributed by atoms with van der Waals surface area (Å²) >= 11 is 0. The zero-order valence-corrected chi connectivity index (χ0v) is 12.0. The van der Waals surface area contributed by atoms with Gasteiger partial charge in [-0.15, -0.1) is 0 Å². The van der Waals surface area contributed by atoms with Crippen molar-refractivity contribution in [2.24, 2.45) is 5.92 Å². The largest absolute Gasteiger partial charge is 0.389 e. The Balaban J connectivity index is 1.50. The fraction of sp³-hybridized carbons (Fsp3) is 0.625. The van der Waals surface area contributed by atoms with Crippen molar-refractivity contribution in [3.8, 4) is 0 Å². The lowest BCUT2D eigenvalue weighted by molar-refractivity contribution is 0.0266. The highest BCUT2D eigenvalue weighted by molar-refractivity contribution is 5.13. The van der Waals surface area contributed by atoms with Gasteiger partial charge in [-0.2, -0.15) is 0 Å². The summed E-state index contributed by atoms with van der Waals surface area (Å²) in [6.45, 7) is 4.21. The van der Waals surface area contributed by atoms with E-state index in [1.807, 2.05) is 30.3 Å². The van der Waals surface area contributed by atoms with Gasteiger partial charge in [0.1, 0.15) is 0 Å².